The Morgan fingerprint density at radius 3 is 2.95 bits per heavy atom. The Kier molecular flexibility index (Phi) is 4.13. The number of aliphatic imine (C=N–C) groups is 1. The van der Waals surface area contributed by atoms with E-state index >= 15 is 0 Å². The van der Waals surface area contributed by atoms with Crippen molar-refractivity contribution in [2.45, 2.75) is 32.6 Å². The zero-order valence-electron chi connectivity index (χ0n) is 12.6. The molecule has 0 amide bonds. The highest BCUT2D eigenvalue weighted by molar-refractivity contribution is 5.82. The van der Waals surface area contributed by atoms with Crippen molar-refractivity contribution in [1.29, 1.82) is 0 Å². The van der Waals surface area contributed by atoms with Crippen molar-refractivity contribution in [2.75, 3.05) is 13.1 Å². The second kappa shape index (κ2) is 6.20. The van der Waals surface area contributed by atoms with Crippen LogP contribution in [0.1, 0.15) is 30.6 Å². The zero-order chi connectivity index (χ0) is 14.7. The number of nitrogens with one attached hydrogen (secondary N) is 1. The molecule has 4 heteroatoms. The van der Waals surface area contributed by atoms with Crippen molar-refractivity contribution in [1.82, 2.24) is 5.32 Å². The summed E-state index contributed by atoms with van der Waals surface area (Å²) >= 11 is 0. The van der Waals surface area contributed by atoms with E-state index in [0.717, 1.165) is 36.8 Å². The molecule has 1 heterocycles. The quantitative estimate of drug-likeness (QED) is 0.655. The van der Waals surface area contributed by atoms with E-state index in [1.165, 1.54) is 30.2 Å². The average molecular weight is 285 g/mol. The first-order valence-corrected chi connectivity index (χ1v) is 7.75. The summed E-state index contributed by atoms with van der Waals surface area (Å²) in [6.07, 6.45) is 4.84. The van der Waals surface area contributed by atoms with Crippen LogP contribution in [0.4, 0.5) is 0 Å². The minimum atomic E-state index is 0.562. The number of fused-ring (bicyclic) bond motifs is 1. The summed E-state index contributed by atoms with van der Waals surface area (Å²) in [6, 6.07) is 8.16. The Morgan fingerprint density at radius 2 is 2.19 bits per heavy atom. The smallest absolute Gasteiger partial charge is 0.188 e. The van der Waals surface area contributed by atoms with Crippen LogP contribution in [-0.2, 0) is 6.42 Å². The summed E-state index contributed by atoms with van der Waals surface area (Å²) in [6.45, 7) is 3.67. The van der Waals surface area contributed by atoms with Crippen molar-refractivity contribution in [3.63, 3.8) is 0 Å². The second-order valence-electron chi connectivity index (χ2n) is 5.83. The number of nitrogens with two attached hydrogens (primary N) is 1. The number of hydrogen-bond acceptors (Lipinski definition) is 2. The van der Waals surface area contributed by atoms with Gasteiger partial charge in [0, 0.05) is 24.0 Å². The van der Waals surface area contributed by atoms with E-state index in [0.29, 0.717) is 5.96 Å². The van der Waals surface area contributed by atoms with Gasteiger partial charge in [-0.2, -0.15) is 0 Å². The molecule has 1 aliphatic carbocycles. The first-order chi connectivity index (χ1) is 10.2. The lowest BCUT2D eigenvalue weighted by atomic mass is 9.86. The summed E-state index contributed by atoms with van der Waals surface area (Å²) in [5.74, 6) is 2.31. The molecule has 0 spiro atoms. The zero-order valence-corrected chi connectivity index (χ0v) is 12.6. The van der Waals surface area contributed by atoms with Gasteiger partial charge in [0.25, 0.3) is 0 Å². The lowest BCUT2D eigenvalue weighted by molar-refractivity contribution is 0.326. The van der Waals surface area contributed by atoms with E-state index in [4.69, 9.17) is 10.2 Å². The molecule has 3 N–H and O–H groups in total. The van der Waals surface area contributed by atoms with Gasteiger partial charge < -0.3 is 15.5 Å². The molecule has 21 heavy (non-hydrogen) atoms. The average Bonchev–Trinajstić information content (AvgIpc) is 2.73. The van der Waals surface area contributed by atoms with Crippen LogP contribution in [0.15, 0.2) is 33.7 Å². The fourth-order valence-electron chi connectivity index (χ4n) is 2.81. The molecule has 3 rings (SSSR count). The molecule has 1 aromatic carbocycles. The number of rotatable bonds is 5. The topological polar surface area (TPSA) is 63.5 Å². The van der Waals surface area contributed by atoms with Gasteiger partial charge in [0.1, 0.15) is 11.3 Å². The van der Waals surface area contributed by atoms with Gasteiger partial charge in [-0.15, -0.1) is 0 Å². The number of hydrogen-bond donors (Lipinski definition) is 2. The van der Waals surface area contributed by atoms with E-state index in [1.807, 2.05) is 25.1 Å². The van der Waals surface area contributed by atoms with Crippen molar-refractivity contribution >= 4 is 16.9 Å². The fourth-order valence-corrected chi connectivity index (χ4v) is 2.81. The maximum absolute atomic E-state index is 5.91. The molecule has 1 aliphatic rings. The molecule has 0 bridgehead atoms. The van der Waals surface area contributed by atoms with E-state index in [-0.39, 0.29) is 0 Å². The highest BCUT2D eigenvalue weighted by Gasteiger charge is 2.16. The number of guanidine groups is 1. The minimum absolute atomic E-state index is 0.562. The highest BCUT2D eigenvalue weighted by atomic mass is 16.3. The lowest BCUT2D eigenvalue weighted by Gasteiger charge is -2.23. The number of furan rings is 1. The normalized spacial score (nSPS) is 16.1. The maximum Gasteiger partial charge on any atom is 0.188 e. The second-order valence-corrected chi connectivity index (χ2v) is 5.83. The summed E-state index contributed by atoms with van der Waals surface area (Å²) < 4.78 is 5.77. The summed E-state index contributed by atoms with van der Waals surface area (Å²) in [5, 5.41) is 4.40. The van der Waals surface area contributed by atoms with Crippen molar-refractivity contribution in [3.8, 4) is 0 Å². The molecule has 0 radical (unpaired) electrons. The molecule has 0 aliphatic heterocycles. The van der Waals surface area contributed by atoms with Crippen LogP contribution in [-0.4, -0.2) is 19.0 Å². The number of para-hydroxylation sites is 1. The van der Waals surface area contributed by atoms with Crippen LogP contribution in [0.3, 0.4) is 0 Å². The van der Waals surface area contributed by atoms with Gasteiger partial charge in [-0.25, -0.2) is 0 Å². The van der Waals surface area contributed by atoms with Gasteiger partial charge in [0.2, 0.25) is 0 Å². The lowest BCUT2D eigenvalue weighted by Crippen LogP contribution is -2.34. The van der Waals surface area contributed by atoms with Gasteiger partial charge in [0.05, 0.1) is 0 Å². The van der Waals surface area contributed by atoms with Crippen LogP contribution in [0.5, 0.6) is 0 Å². The predicted octanol–water partition coefficient (Wildman–Crippen LogP) is 2.99. The monoisotopic (exact) mass is 285 g/mol. The molecule has 4 nitrogen and oxygen atoms in total. The molecule has 0 saturated heterocycles. The minimum Gasteiger partial charge on any atom is -0.461 e. The van der Waals surface area contributed by atoms with Crippen LogP contribution < -0.4 is 11.1 Å². The van der Waals surface area contributed by atoms with Crippen molar-refractivity contribution < 1.29 is 4.42 Å². The van der Waals surface area contributed by atoms with Crippen LogP contribution in [0.25, 0.3) is 11.0 Å². The molecule has 1 aromatic heterocycles. The van der Waals surface area contributed by atoms with Gasteiger partial charge in [-0.1, -0.05) is 24.6 Å². The highest BCUT2D eigenvalue weighted by Crippen LogP contribution is 2.26. The largest absolute Gasteiger partial charge is 0.461 e. The maximum atomic E-state index is 5.91. The summed E-state index contributed by atoms with van der Waals surface area (Å²) in [4.78, 5) is 4.41. The Labute approximate surface area is 125 Å². The van der Waals surface area contributed by atoms with Gasteiger partial charge >= 0.3 is 0 Å². The summed E-state index contributed by atoms with van der Waals surface area (Å²) in [5.41, 5.74) is 8.12. The SMILES string of the molecule is Cc1oc2ccccc2c1CCNC(N)=NCC1CCC1. The van der Waals surface area contributed by atoms with Gasteiger partial charge in [0.15, 0.2) is 5.96 Å². The molecule has 112 valence electrons. The number of aryl methyl sites for hydroxylation is 1. The van der Waals surface area contributed by atoms with Crippen LogP contribution in [0, 0.1) is 12.8 Å². The molecule has 0 unspecified atom stereocenters. The third kappa shape index (κ3) is 3.20. The molecule has 0 atom stereocenters. The molecular formula is C17H23N3O. The van der Waals surface area contributed by atoms with Crippen LogP contribution >= 0.6 is 0 Å². The standard InChI is InChI=1S/C17H23N3O/c1-12-14(15-7-2-3-8-16(15)21-12)9-10-19-17(18)20-11-13-5-4-6-13/h2-3,7-8,13H,4-6,9-11H2,1H3,(H3,18,19,20). The molecule has 2 aromatic rings. The van der Waals surface area contributed by atoms with E-state index in [1.54, 1.807) is 0 Å². The van der Waals surface area contributed by atoms with Gasteiger partial charge in [-0.05, 0) is 38.2 Å². The van der Waals surface area contributed by atoms with Crippen molar-refractivity contribution in [2.24, 2.45) is 16.6 Å². The van der Waals surface area contributed by atoms with E-state index in [2.05, 4.69) is 16.4 Å². The predicted molar refractivity (Wildman–Crippen MR) is 86.5 cm³/mol. The fraction of sp³-hybridized carbons (Fsp3) is 0.471. The molecular weight excluding hydrogens is 262 g/mol. The first kappa shape index (κ1) is 14.0. The Morgan fingerprint density at radius 1 is 1.38 bits per heavy atom. The molecule has 1 fully saturated rings. The van der Waals surface area contributed by atoms with E-state index in [9.17, 15) is 0 Å². The Bertz CT molecular complexity index is 641. The summed E-state index contributed by atoms with van der Waals surface area (Å²) in [7, 11) is 0. The van der Waals surface area contributed by atoms with E-state index < -0.39 is 0 Å². The number of benzene rings is 1. The van der Waals surface area contributed by atoms with Crippen LogP contribution in [0.2, 0.25) is 0 Å². The Balaban J connectivity index is 1.55. The van der Waals surface area contributed by atoms with Crippen molar-refractivity contribution in [3.05, 3.63) is 35.6 Å². The first-order valence-electron chi connectivity index (χ1n) is 7.75. The third-order valence-corrected chi connectivity index (χ3v) is 4.33. The Hall–Kier alpha value is -1.97. The van der Waals surface area contributed by atoms with Gasteiger partial charge in [-0.3, -0.25) is 4.99 Å². The third-order valence-electron chi connectivity index (χ3n) is 4.33. The molecule has 1 saturated carbocycles. The number of nitrogens with zero attached hydrogens (tertiary/aromatic N) is 1.